The maximum Gasteiger partial charge on any atom is 0.0593 e. The third-order valence-electron chi connectivity index (χ3n) is 2.70. The van der Waals surface area contributed by atoms with Gasteiger partial charge in [0, 0.05) is 19.1 Å². The quantitative estimate of drug-likeness (QED) is 0.582. The molecule has 2 N–H and O–H groups in total. The average Bonchev–Trinajstić information content (AvgIpc) is 2.24. The highest BCUT2D eigenvalue weighted by Crippen LogP contribution is 2.00. The van der Waals surface area contributed by atoms with Gasteiger partial charge in [-0.2, -0.15) is 0 Å². The molecule has 1 rings (SSSR count). The fourth-order valence-corrected chi connectivity index (χ4v) is 1.71. The minimum Gasteiger partial charge on any atom is -0.379 e. The molecule has 0 atom stereocenters. The lowest BCUT2D eigenvalue weighted by molar-refractivity contribution is 0.116. The van der Waals surface area contributed by atoms with E-state index in [1.54, 1.807) is 0 Å². The van der Waals surface area contributed by atoms with Gasteiger partial charge in [-0.15, -0.1) is 0 Å². The summed E-state index contributed by atoms with van der Waals surface area (Å²) in [6.45, 7) is 5.96. The summed E-state index contributed by atoms with van der Waals surface area (Å²) in [5.41, 5.74) is 0. The number of rotatable bonds is 7. The molecule has 4 heteroatoms. The van der Waals surface area contributed by atoms with E-state index in [2.05, 4.69) is 29.6 Å². The third-order valence-corrected chi connectivity index (χ3v) is 2.70. The number of piperidine rings is 1. The maximum atomic E-state index is 5.52. The fraction of sp³-hybridized carbons (Fsp3) is 1.00. The zero-order valence-electron chi connectivity index (χ0n) is 10.1. The van der Waals surface area contributed by atoms with Crippen molar-refractivity contribution in [2.24, 2.45) is 0 Å². The number of likely N-dealkylation sites (N-methyl/N-ethyl adjacent to an activating group) is 1. The van der Waals surface area contributed by atoms with E-state index in [9.17, 15) is 0 Å². The Morgan fingerprint density at radius 3 is 2.67 bits per heavy atom. The Hall–Kier alpha value is -0.160. The molecule has 15 heavy (non-hydrogen) atoms. The van der Waals surface area contributed by atoms with Crippen LogP contribution in [0.3, 0.4) is 0 Å². The number of ether oxygens (including phenoxy) is 1. The van der Waals surface area contributed by atoms with Gasteiger partial charge in [0.1, 0.15) is 0 Å². The topological polar surface area (TPSA) is 36.5 Å². The summed E-state index contributed by atoms with van der Waals surface area (Å²) in [7, 11) is 4.13. The van der Waals surface area contributed by atoms with Crippen LogP contribution in [0.25, 0.3) is 0 Å². The summed E-state index contributed by atoms with van der Waals surface area (Å²) in [4.78, 5) is 2.14. The molecule has 0 amide bonds. The first kappa shape index (κ1) is 12.9. The smallest absolute Gasteiger partial charge is 0.0593 e. The number of nitrogens with zero attached hydrogens (tertiary/aromatic N) is 1. The van der Waals surface area contributed by atoms with Crippen molar-refractivity contribution in [2.45, 2.75) is 18.9 Å². The van der Waals surface area contributed by atoms with Crippen molar-refractivity contribution >= 4 is 0 Å². The van der Waals surface area contributed by atoms with Gasteiger partial charge in [0.25, 0.3) is 0 Å². The van der Waals surface area contributed by atoms with Crippen LogP contribution in [0.4, 0.5) is 0 Å². The van der Waals surface area contributed by atoms with E-state index in [0.29, 0.717) is 6.04 Å². The lowest BCUT2D eigenvalue weighted by Gasteiger charge is -2.23. The standard InChI is InChI=1S/C11H25N3O/c1-14(2)8-10-15-9-7-13-11-3-5-12-6-4-11/h11-13H,3-10H2,1-2H3. The number of hydrogen-bond acceptors (Lipinski definition) is 4. The molecular formula is C11H25N3O. The molecule has 4 nitrogen and oxygen atoms in total. The molecule has 0 aliphatic carbocycles. The van der Waals surface area contributed by atoms with E-state index >= 15 is 0 Å². The molecule has 0 aromatic heterocycles. The van der Waals surface area contributed by atoms with Gasteiger partial charge in [-0.05, 0) is 40.0 Å². The molecule has 1 aliphatic heterocycles. The molecule has 1 fully saturated rings. The Balaban J connectivity index is 1.83. The molecule has 0 bridgehead atoms. The van der Waals surface area contributed by atoms with Crippen LogP contribution in [0, 0.1) is 0 Å². The van der Waals surface area contributed by atoms with Gasteiger partial charge in [-0.3, -0.25) is 0 Å². The second-order valence-corrected chi connectivity index (χ2v) is 4.39. The molecule has 1 aliphatic rings. The number of hydrogen-bond donors (Lipinski definition) is 2. The van der Waals surface area contributed by atoms with Gasteiger partial charge in [-0.25, -0.2) is 0 Å². The summed E-state index contributed by atoms with van der Waals surface area (Å²) in [6, 6.07) is 0.698. The van der Waals surface area contributed by atoms with Crippen LogP contribution < -0.4 is 10.6 Å². The van der Waals surface area contributed by atoms with Crippen molar-refractivity contribution in [2.75, 3.05) is 53.5 Å². The first-order chi connectivity index (χ1) is 7.29. The Labute approximate surface area is 93.4 Å². The van der Waals surface area contributed by atoms with Crippen molar-refractivity contribution in [1.82, 2.24) is 15.5 Å². The molecule has 90 valence electrons. The molecule has 0 saturated carbocycles. The SMILES string of the molecule is CN(C)CCOCCNC1CCNCC1. The molecule has 0 aromatic carbocycles. The Bertz CT molecular complexity index is 147. The van der Waals surface area contributed by atoms with Crippen molar-refractivity contribution < 1.29 is 4.74 Å². The summed E-state index contributed by atoms with van der Waals surface area (Å²) in [6.07, 6.45) is 2.50. The largest absolute Gasteiger partial charge is 0.379 e. The monoisotopic (exact) mass is 215 g/mol. The van der Waals surface area contributed by atoms with E-state index in [-0.39, 0.29) is 0 Å². The highest BCUT2D eigenvalue weighted by atomic mass is 16.5. The normalized spacial score (nSPS) is 18.6. The molecular weight excluding hydrogens is 190 g/mol. The van der Waals surface area contributed by atoms with Gasteiger partial charge >= 0.3 is 0 Å². The average molecular weight is 215 g/mol. The number of nitrogens with one attached hydrogen (secondary N) is 2. The van der Waals surface area contributed by atoms with Crippen LogP contribution in [0.1, 0.15) is 12.8 Å². The summed E-state index contributed by atoms with van der Waals surface area (Å²) < 4.78 is 5.52. The highest BCUT2D eigenvalue weighted by Gasteiger charge is 2.10. The van der Waals surface area contributed by atoms with Crippen molar-refractivity contribution in [1.29, 1.82) is 0 Å². The van der Waals surface area contributed by atoms with Crippen molar-refractivity contribution in [3.63, 3.8) is 0 Å². The van der Waals surface area contributed by atoms with Gasteiger partial charge < -0.3 is 20.3 Å². The predicted molar refractivity (Wildman–Crippen MR) is 63.3 cm³/mol. The maximum absolute atomic E-state index is 5.52. The van der Waals surface area contributed by atoms with E-state index in [1.165, 1.54) is 12.8 Å². The highest BCUT2D eigenvalue weighted by molar-refractivity contribution is 4.73. The third kappa shape index (κ3) is 6.84. The summed E-state index contributed by atoms with van der Waals surface area (Å²) >= 11 is 0. The van der Waals surface area contributed by atoms with Crippen molar-refractivity contribution in [3.05, 3.63) is 0 Å². The molecule has 1 saturated heterocycles. The first-order valence-corrected chi connectivity index (χ1v) is 5.95. The Morgan fingerprint density at radius 1 is 1.27 bits per heavy atom. The van der Waals surface area contributed by atoms with Crippen LogP contribution in [-0.4, -0.2) is 64.4 Å². The van der Waals surface area contributed by atoms with Crippen LogP contribution in [0.5, 0.6) is 0 Å². The molecule has 1 heterocycles. The van der Waals surface area contributed by atoms with Crippen LogP contribution in [0.15, 0.2) is 0 Å². The molecule has 0 spiro atoms. The second-order valence-electron chi connectivity index (χ2n) is 4.39. The lowest BCUT2D eigenvalue weighted by atomic mass is 10.1. The van der Waals surface area contributed by atoms with E-state index in [4.69, 9.17) is 4.74 Å². The first-order valence-electron chi connectivity index (χ1n) is 5.95. The predicted octanol–water partition coefficient (Wildman–Crippen LogP) is -0.0938. The summed E-state index contributed by atoms with van der Waals surface area (Å²) in [5, 5.41) is 6.89. The molecule has 0 unspecified atom stereocenters. The van der Waals surface area contributed by atoms with Crippen molar-refractivity contribution in [3.8, 4) is 0 Å². The van der Waals surface area contributed by atoms with Crippen LogP contribution >= 0.6 is 0 Å². The minimum absolute atomic E-state index is 0.698. The second kappa shape index (κ2) is 8.05. The van der Waals surface area contributed by atoms with Crippen LogP contribution in [-0.2, 0) is 4.74 Å². The van der Waals surface area contributed by atoms with Gasteiger partial charge in [0.05, 0.1) is 13.2 Å². The summed E-state index contributed by atoms with van der Waals surface area (Å²) in [5.74, 6) is 0. The zero-order valence-corrected chi connectivity index (χ0v) is 10.1. The van der Waals surface area contributed by atoms with E-state index < -0.39 is 0 Å². The van der Waals surface area contributed by atoms with Crippen LogP contribution in [0.2, 0.25) is 0 Å². The van der Waals surface area contributed by atoms with E-state index in [0.717, 1.165) is 39.4 Å². The zero-order chi connectivity index (χ0) is 10.9. The molecule has 0 radical (unpaired) electrons. The van der Waals surface area contributed by atoms with Gasteiger partial charge in [0.15, 0.2) is 0 Å². The Kier molecular flexibility index (Phi) is 6.92. The van der Waals surface area contributed by atoms with E-state index in [1.807, 2.05) is 0 Å². The lowest BCUT2D eigenvalue weighted by Crippen LogP contribution is -2.41. The van der Waals surface area contributed by atoms with Gasteiger partial charge in [0.2, 0.25) is 0 Å². The Morgan fingerprint density at radius 2 is 2.00 bits per heavy atom. The van der Waals surface area contributed by atoms with Gasteiger partial charge in [-0.1, -0.05) is 0 Å². The molecule has 0 aromatic rings. The minimum atomic E-state index is 0.698. The fourth-order valence-electron chi connectivity index (χ4n) is 1.71.